The Bertz CT molecular complexity index is 1000. The Kier molecular flexibility index (Phi) is 7.26. The maximum Gasteiger partial charge on any atom is 0.241 e. The first-order chi connectivity index (χ1) is 14.6. The predicted octanol–water partition coefficient (Wildman–Crippen LogP) is 3.87. The number of rotatable bonds is 7. The molecule has 1 fully saturated rings. The van der Waals surface area contributed by atoms with E-state index in [4.69, 9.17) is 0 Å². The molecule has 3 rings (SSSR count). The molecule has 31 heavy (non-hydrogen) atoms. The maximum atomic E-state index is 12.7. The Morgan fingerprint density at radius 3 is 2.55 bits per heavy atom. The molecular weight excluding hydrogens is 410 g/mol. The summed E-state index contributed by atoms with van der Waals surface area (Å²) in [4.78, 5) is 15.1. The highest BCUT2D eigenvalue weighted by Gasteiger charge is 2.22. The van der Waals surface area contributed by atoms with Crippen LogP contribution >= 0.6 is 0 Å². The van der Waals surface area contributed by atoms with Gasteiger partial charge in [-0.1, -0.05) is 31.2 Å². The van der Waals surface area contributed by atoms with Gasteiger partial charge in [-0.25, -0.2) is 8.42 Å². The minimum Gasteiger partial charge on any atom is -0.371 e. The van der Waals surface area contributed by atoms with Crippen LogP contribution in [-0.4, -0.2) is 40.2 Å². The molecule has 2 atom stereocenters. The molecule has 0 saturated carbocycles. The highest BCUT2D eigenvalue weighted by molar-refractivity contribution is 7.92. The van der Waals surface area contributed by atoms with Crippen molar-refractivity contribution in [3.05, 3.63) is 59.7 Å². The number of hydrogen-bond donors (Lipinski definition) is 1. The van der Waals surface area contributed by atoms with Gasteiger partial charge in [0.25, 0.3) is 0 Å². The van der Waals surface area contributed by atoms with Crippen molar-refractivity contribution in [1.82, 2.24) is 5.32 Å². The number of nitrogens with one attached hydrogen (secondary N) is 1. The molecule has 1 saturated heterocycles. The SMILES string of the molecule is Cc1cccc(N(CC(=O)N[C@H](C)c2ccc(N3CCC[C@@H](C)C3)cc2)S(C)(=O)=O)c1. The highest BCUT2D eigenvalue weighted by atomic mass is 32.2. The second-order valence-corrected chi connectivity index (χ2v) is 10.6. The summed E-state index contributed by atoms with van der Waals surface area (Å²) in [6, 6.07) is 15.2. The highest BCUT2D eigenvalue weighted by Crippen LogP contribution is 2.25. The van der Waals surface area contributed by atoms with Crippen LogP contribution in [-0.2, 0) is 14.8 Å². The average molecular weight is 444 g/mol. The van der Waals surface area contributed by atoms with Gasteiger partial charge in [0, 0.05) is 18.8 Å². The summed E-state index contributed by atoms with van der Waals surface area (Å²) in [5.41, 5.74) is 3.62. The Balaban J connectivity index is 1.65. The molecule has 0 radical (unpaired) electrons. The molecule has 0 aliphatic carbocycles. The first-order valence-corrected chi connectivity index (χ1v) is 12.7. The third-order valence-corrected chi connectivity index (χ3v) is 6.91. The van der Waals surface area contributed by atoms with Crippen LogP contribution in [0.2, 0.25) is 0 Å². The van der Waals surface area contributed by atoms with E-state index < -0.39 is 10.0 Å². The van der Waals surface area contributed by atoms with E-state index in [0.717, 1.165) is 34.8 Å². The largest absolute Gasteiger partial charge is 0.371 e. The molecule has 1 N–H and O–H groups in total. The van der Waals surface area contributed by atoms with Crippen molar-refractivity contribution >= 4 is 27.3 Å². The first kappa shape index (κ1) is 23.1. The summed E-state index contributed by atoms with van der Waals surface area (Å²) in [6.45, 7) is 7.99. The Morgan fingerprint density at radius 1 is 1.23 bits per heavy atom. The molecule has 1 aliphatic heterocycles. The Hall–Kier alpha value is -2.54. The van der Waals surface area contributed by atoms with Gasteiger partial charge in [0.1, 0.15) is 6.54 Å². The fraction of sp³-hybridized carbons (Fsp3) is 0.458. The van der Waals surface area contributed by atoms with Gasteiger partial charge in [0.05, 0.1) is 18.0 Å². The second kappa shape index (κ2) is 9.73. The molecule has 2 aromatic rings. The van der Waals surface area contributed by atoms with E-state index >= 15 is 0 Å². The van der Waals surface area contributed by atoms with Crippen molar-refractivity contribution in [3.8, 4) is 0 Å². The number of aryl methyl sites for hydroxylation is 1. The van der Waals surface area contributed by atoms with Crippen molar-refractivity contribution in [2.24, 2.45) is 5.92 Å². The molecule has 1 amide bonds. The molecule has 7 heteroatoms. The van der Waals surface area contributed by atoms with E-state index in [1.807, 2.05) is 32.0 Å². The van der Waals surface area contributed by atoms with E-state index in [0.29, 0.717) is 11.6 Å². The lowest BCUT2D eigenvalue weighted by molar-refractivity contribution is -0.120. The van der Waals surface area contributed by atoms with Crippen LogP contribution in [0.3, 0.4) is 0 Å². The van der Waals surface area contributed by atoms with Crippen molar-refractivity contribution in [3.63, 3.8) is 0 Å². The average Bonchev–Trinajstić information content (AvgIpc) is 2.71. The van der Waals surface area contributed by atoms with Crippen molar-refractivity contribution in [2.75, 3.05) is 35.1 Å². The molecule has 168 valence electrons. The lowest BCUT2D eigenvalue weighted by Gasteiger charge is -2.33. The van der Waals surface area contributed by atoms with E-state index in [9.17, 15) is 13.2 Å². The van der Waals surface area contributed by atoms with E-state index in [1.54, 1.807) is 18.2 Å². The predicted molar refractivity (Wildman–Crippen MR) is 127 cm³/mol. The zero-order valence-electron chi connectivity index (χ0n) is 18.8. The van der Waals surface area contributed by atoms with Crippen molar-refractivity contribution in [2.45, 2.75) is 39.7 Å². The summed E-state index contributed by atoms with van der Waals surface area (Å²) in [5, 5.41) is 2.93. The normalized spacial score (nSPS) is 17.8. The zero-order valence-corrected chi connectivity index (χ0v) is 19.7. The molecule has 1 aliphatic rings. The van der Waals surface area contributed by atoms with Crippen LogP contribution < -0.4 is 14.5 Å². The summed E-state index contributed by atoms with van der Waals surface area (Å²) in [5.74, 6) is 0.367. The van der Waals surface area contributed by atoms with Crippen molar-refractivity contribution < 1.29 is 13.2 Å². The molecule has 0 spiro atoms. The number of hydrogen-bond acceptors (Lipinski definition) is 4. The number of carbonyl (C=O) groups is 1. The number of nitrogens with zero attached hydrogens (tertiary/aromatic N) is 2. The number of piperidine rings is 1. The molecule has 1 heterocycles. The van der Waals surface area contributed by atoms with Crippen LogP contribution in [0.25, 0.3) is 0 Å². The monoisotopic (exact) mass is 443 g/mol. The summed E-state index contributed by atoms with van der Waals surface area (Å²) >= 11 is 0. The number of amides is 1. The molecular formula is C24H33N3O3S. The fourth-order valence-electron chi connectivity index (χ4n) is 4.08. The van der Waals surface area contributed by atoms with Gasteiger partial charge in [0.15, 0.2) is 0 Å². The Labute approximate surface area is 186 Å². The summed E-state index contributed by atoms with van der Waals surface area (Å²) in [7, 11) is -3.59. The van der Waals surface area contributed by atoms with E-state index in [-0.39, 0.29) is 18.5 Å². The number of benzene rings is 2. The number of sulfonamides is 1. The van der Waals surface area contributed by atoms with E-state index in [1.165, 1.54) is 18.5 Å². The Morgan fingerprint density at radius 2 is 1.94 bits per heavy atom. The standard InChI is InChI=1S/C24H33N3O3S/c1-18-7-5-9-23(15-18)27(31(4,29)30)17-24(28)25-20(3)21-10-12-22(13-11-21)26-14-6-8-19(2)16-26/h5,7,9-13,15,19-20H,6,8,14,16-17H2,1-4H3,(H,25,28)/t19-,20-/m1/s1. The van der Waals surface area contributed by atoms with Crippen LogP contribution in [0.5, 0.6) is 0 Å². The number of carbonyl (C=O) groups excluding carboxylic acids is 1. The molecule has 0 unspecified atom stereocenters. The maximum absolute atomic E-state index is 12.7. The second-order valence-electron chi connectivity index (χ2n) is 8.68. The zero-order chi connectivity index (χ0) is 22.6. The molecule has 6 nitrogen and oxygen atoms in total. The minimum absolute atomic E-state index is 0.222. The minimum atomic E-state index is -3.59. The van der Waals surface area contributed by atoms with Crippen LogP contribution in [0.1, 0.15) is 43.9 Å². The van der Waals surface area contributed by atoms with E-state index in [2.05, 4.69) is 29.3 Å². The smallest absolute Gasteiger partial charge is 0.241 e. The lowest BCUT2D eigenvalue weighted by Crippen LogP contribution is -2.41. The van der Waals surface area contributed by atoms with Crippen molar-refractivity contribution in [1.29, 1.82) is 0 Å². The fourth-order valence-corrected chi connectivity index (χ4v) is 4.93. The molecule has 0 aromatic heterocycles. The van der Waals surface area contributed by atoms with Gasteiger partial charge < -0.3 is 10.2 Å². The molecule has 2 aromatic carbocycles. The van der Waals surface area contributed by atoms with Gasteiger partial charge in [-0.05, 0) is 68.0 Å². The summed E-state index contributed by atoms with van der Waals surface area (Å²) in [6.07, 6.45) is 3.62. The van der Waals surface area contributed by atoms with Gasteiger partial charge in [0.2, 0.25) is 15.9 Å². The molecule has 0 bridgehead atoms. The van der Waals surface area contributed by atoms with Gasteiger partial charge >= 0.3 is 0 Å². The third kappa shape index (κ3) is 6.23. The summed E-state index contributed by atoms with van der Waals surface area (Å²) < 4.78 is 25.7. The number of anilines is 2. The first-order valence-electron chi connectivity index (χ1n) is 10.8. The van der Waals surface area contributed by atoms with Crippen LogP contribution in [0.15, 0.2) is 48.5 Å². The van der Waals surface area contributed by atoms with Gasteiger partial charge in [-0.3, -0.25) is 9.10 Å². The lowest BCUT2D eigenvalue weighted by atomic mass is 9.99. The van der Waals surface area contributed by atoms with Crippen LogP contribution in [0, 0.1) is 12.8 Å². The van der Waals surface area contributed by atoms with Gasteiger partial charge in [-0.2, -0.15) is 0 Å². The topological polar surface area (TPSA) is 69.7 Å². The van der Waals surface area contributed by atoms with Gasteiger partial charge in [-0.15, -0.1) is 0 Å². The third-order valence-electron chi connectivity index (χ3n) is 5.77. The quantitative estimate of drug-likeness (QED) is 0.705. The van der Waals surface area contributed by atoms with Crippen LogP contribution in [0.4, 0.5) is 11.4 Å².